The summed E-state index contributed by atoms with van der Waals surface area (Å²) in [6.07, 6.45) is 2.71. The Morgan fingerprint density at radius 3 is 2.38 bits per heavy atom. The van der Waals surface area contributed by atoms with Gasteiger partial charge in [-0.25, -0.2) is 9.37 Å². The van der Waals surface area contributed by atoms with E-state index < -0.39 is 5.82 Å². The molecular formula is C27H24FN3O3. The van der Waals surface area contributed by atoms with Crippen molar-refractivity contribution in [2.75, 3.05) is 5.32 Å². The fourth-order valence-corrected chi connectivity index (χ4v) is 3.49. The molecule has 1 aromatic heterocycles. The summed E-state index contributed by atoms with van der Waals surface area (Å²) in [4.78, 5) is 28.9. The molecule has 0 fully saturated rings. The first-order chi connectivity index (χ1) is 16.5. The van der Waals surface area contributed by atoms with E-state index in [1.165, 1.54) is 12.3 Å². The van der Waals surface area contributed by atoms with Crippen LogP contribution in [0.2, 0.25) is 0 Å². The number of aromatic nitrogens is 1. The number of hydrogen-bond donors (Lipinski definition) is 2. The number of benzene rings is 3. The van der Waals surface area contributed by atoms with Gasteiger partial charge in [0.15, 0.2) is 5.76 Å². The maximum Gasteiger partial charge on any atom is 0.252 e. The number of anilines is 1. The average molecular weight is 458 g/mol. The van der Waals surface area contributed by atoms with Gasteiger partial charge in [-0.3, -0.25) is 9.59 Å². The highest BCUT2D eigenvalue weighted by Gasteiger charge is 2.18. The average Bonchev–Trinajstić information content (AvgIpc) is 3.34. The molecule has 0 unspecified atom stereocenters. The van der Waals surface area contributed by atoms with E-state index in [4.69, 9.17) is 4.42 Å². The highest BCUT2D eigenvalue weighted by molar-refractivity contribution is 6.00. The fourth-order valence-electron chi connectivity index (χ4n) is 3.49. The number of nitrogens with one attached hydrogen (secondary N) is 2. The van der Waals surface area contributed by atoms with Crippen LogP contribution in [0.5, 0.6) is 0 Å². The third-order valence-electron chi connectivity index (χ3n) is 5.21. The predicted octanol–water partition coefficient (Wildman–Crippen LogP) is 5.82. The van der Waals surface area contributed by atoms with Crippen LogP contribution in [0.4, 0.5) is 10.1 Å². The maximum absolute atomic E-state index is 14.1. The van der Waals surface area contributed by atoms with Crippen LogP contribution in [0, 0.1) is 5.82 Å². The molecule has 0 bridgehead atoms. The molecule has 34 heavy (non-hydrogen) atoms. The SMILES string of the molecule is CCCC(=O)Nc1ccc(CNC(=O)c2ccccc2-c2ncc(-c3ccccc3F)o2)cc1. The zero-order valence-electron chi connectivity index (χ0n) is 18.7. The zero-order chi connectivity index (χ0) is 23.9. The first kappa shape index (κ1) is 22.9. The Morgan fingerprint density at radius 1 is 0.941 bits per heavy atom. The highest BCUT2D eigenvalue weighted by Crippen LogP contribution is 2.29. The lowest BCUT2D eigenvalue weighted by atomic mass is 10.1. The van der Waals surface area contributed by atoms with Crippen LogP contribution in [0.15, 0.2) is 83.4 Å². The van der Waals surface area contributed by atoms with Gasteiger partial charge in [0.2, 0.25) is 11.8 Å². The molecular weight excluding hydrogens is 433 g/mol. The molecule has 6 nitrogen and oxygen atoms in total. The first-order valence-corrected chi connectivity index (χ1v) is 11.0. The molecule has 0 aliphatic rings. The summed E-state index contributed by atoms with van der Waals surface area (Å²) < 4.78 is 19.9. The third-order valence-corrected chi connectivity index (χ3v) is 5.21. The minimum Gasteiger partial charge on any atom is -0.436 e. The summed E-state index contributed by atoms with van der Waals surface area (Å²) in [7, 11) is 0. The highest BCUT2D eigenvalue weighted by atomic mass is 19.1. The lowest BCUT2D eigenvalue weighted by Crippen LogP contribution is -2.23. The molecule has 172 valence electrons. The van der Waals surface area contributed by atoms with Crippen molar-refractivity contribution in [3.05, 3.63) is 95.9 Å². The molecule has 0 spiro atoms. The Labute approximate surface area is 196 Å². The number of hydrogen-bond acceptors (Lipinski definition) is 4. The molecule has 0 atom stereocenters. The van der Waals surface area contributed by atoms with Crippen molar-refractivity contribution < 1.29 is 18.4 Å². The number of carbonyl (C=O) groups is 2. The first-order valence-electron chi connectivity index (χ1n) is 11.0. The standard InChI is InChI=1S/C27H24FN3O3/c1-2-7-25(32)31-19-14-12-18(13-15-19)16-29-26(33)20-8-3-4-9-21(20)27-30-17-24(34-27)22-10-5-6-11-23(22)28/h3-6,8-15,17H,2,7,16H2,1H3,(H,29,33)(H,31,32). The van der Waals surface area contributed by atoms with Crippen LogP contribution in [0.1, 0.15) is 35.7 Å². The summed E-state index contributed by atoms with van der Waals surface area (Å²) in [6, 6.07) is 20.6. The summed E-state index contributed by atoms with van der Waals surface area (Å²) in [5, 5.41) is 5.73. The Kier molecular flexibility index (Phi) is 7.13. The van der Waals surface area contributed by atoms with Gasteiger partial charge in [-0.05, 0) is 48.4 Å². The molecule has 0 saturated carbocycles. The van der Waals surface area contributed by atoms with Crippen LogP contribution in [0.3, 0.4) is 0 Å². The molecule has 2 amide bonds. The fraction of sp³-hybridized carbons (Fsp3) is 0.148. The van der Waals surface area contributed by atoms with Gasteiger partial charge in [-0.15, -0.1) is 0 Å². The summed E-state index contributed by atoms with van der Waals surface area (Å²) in [5.41, 5.74) is 2.81. The molecule has 2 N–H and O–H groups in total. The van der Waals surface area contributed by atoms with Crippen molar-refractivity contribution in [3.8, 4) is 22.8 Å². The van der Waals surface area contributed by atoms with E-state index in [0.717, 1.165) is 12.0 Å². The molecule has 1 heterocycles. The van der Waals surface area contributed by atoms with Gasteiger partial charge in [-0.1, -0.05) is 43.3 Å². The Morgan fingerprint density at radius 2 is 1.65 bits per heavy atom. The van der Waals surface area contributed by atoms with Gasteiger partial charge in [0.1, 0.15) is 5.82 Å². The molecule has 4 rings (SSSR count). The normalized spacial score (nSPS) is 10.6. The summed E-state index contributed by atoms with van der Waals surface area (Å²) >= 11 is 0. The molecule has 7 heteroatoms. The van der Waals surface area contributed by atoms with E-state index in [0.29, 0.717) is 35.3 Å². The second kappa shape index (κ2) is 10.6. The van der Waals surface area contributed by atoms with Crippen molar-refractivity contribution in [1.29, 1.82) is 0 Å². The zero-order valence-corrected chi connectivity index (χ0v) is 18.7. The number of amides is 2. The second-order valence-corrected chi connectivity index (χ2v) is 7.73. The minimum atomic E-state index is -0.410. The van der Waals surface area contributed by atoms with Crippen LogP contribution in [-0.4, -0.2) is 16.8 Å². The largest absolute Gasteiger partial charge is 0.436 e. The molecule has 0 radical (unpaired) electrons. The van der Waals surface area contributed by atoms with E-state index in [1.54, 1.807) is 54.6 Å². The Hall–Kier alpha value is -4.26. The Balaban J connectivity index is 1.45. The number of carbonyl (C=O) groups excluding carboxylic acids is 2. The molecule has 0 aliphatic heterocycles. The lowest BCUT2D eigenvalue weighted by Gasteiger charge is -2.09. The van der Waals surface area contributed by atoms with Gasteiger partial charge in [0.05, 0.1) is 17.3 Å². The maximum atomic E-state index is 14.1. The topological polar surface area (TPSA) is 84.2 Å². The van der Waals surface area contributed by atoms with E-state index >= 15 is 0 Å². The van der Waals surface area contributed by atoms with Crippen molar-refractivity contribution in [2.24, 2.45) is 0 Å². The van der Waals surface area contributed by atoms with Crippen molar-refractivity contribution >= 4 is 17.5 Å². The number of oxazole rings is 1. The Bertz CT molecular complexity index is 1300. The van der Waals surface area contributed by atoms with Crippen LogP contribution in [0.25, 0.3) is 22.8 Å². The minimum absolute atomic E-state index is 0.0233. The van der Waals surface area contributed by atoms with Gasteiger partial charge < -0.3 is 15.1 Å². The second-order valence-electron chi connectivity index (χ2n) is 7.73. The van der Waals surface area contributed by atoms with Crippen molar-refractivity contribution in [3.63, 3.8) is 0 Å². The lowest BCUT2D eigenvalue weighted by molar-refractivity contribution is -0.116. The van der Waals surface area contributed by atoms with Gasteiger partial charge in [0, 0.05) is 24.2 Å². The van der Waals surface area contributed by atoms with E-state index in [-0.39, 0.29) is 23.5 Å². The third kappa shape index (κ3) is 5.38. The van der Waals surface area contributed by atoms with Crippen molar-refractivity contribution in [1.82, 2.24) is 10.3 Å². The van der Waals surface area contributed by atoms with Gasteiger partial charge in [0.25, 0.3) is 5.91 Å². The van der Waals surface area contributed by atoms with Gasteiger partial charge >= 0.3 is 0 Å². The number of rotatable bonds is 8. The molecule has 4 aromatic rings. The van der Waals surface area contributed by atoms with Crippen LogP contribution >= 0.6 is 0 Å². The van der Waals surface area contributed by atoms with Crippen LogP contribution in [-0.2, 0) is 11.3 Å². The van der Waals surface area contributed by atoms with Gasteiger partial charge in [-0.2, -0.15) is 0 Å². The van der Waals surface area contributed by atoms with Crippen LogP contribution < -0.4 is 10.6 Å². The van der Waals surface area contributed by atoms with E-state index in [1.807, 2.05) is 19.1 Å². The van der Waals surface area contributed by atoms with E-state index in [9.17, 15) is 14.0 Å². The smallest absolute Gasteiger partial charge is 0.252 e. The van der Waals surface area contributed by atoms with Crippen molar-refractivity contribution in [2.45, 2.75) is 26.3 Å². The van der Waals surface area contributed by atoms with E-state index in [2.05, 4.69) is 15.6 Å². The molecule has 3 aromatic carbocycles. The molecule has 0 saturated heterocycles. The number of nitrogens with zero attached hydrogens (tertiary/aromatic N) is 1. The molecule has 0 aliphatic carbocycles. The quantitative estimate of drug-likeness (QED) is 0.349. The monoisotopic (exact) mass is 457 g/mol. The summed E-state index contributed by atoms with van der Waals surface area (Å²) in [6.45, 7) is 2.26. The number of halogens is 1. The predicted molar refractivity (Wildman–Crippen MR) is 128 cm³/mol. The summed E-state index contributed by atoms with van der Waals surface area (Å²) in [5.74, 6) is -0.204.